The van der Waals surface area contributed by atoms with E-state index in [9.17, 15) is 0 Å². The standard InChI is InChI=1S/C14H23NO2/c1-3-14(7-8-16)15-10-12-5-4-6-13(9-12)11-17-2/h4-6,9,14-16H,3,7-8,10-11H2,1-2H3. The first-order chi connectivity index (χ1) is 8.30. The van der Waals surface area contributed by atoms with E-state index in [1.807, 2.05) is 0 Å². The molecule has 1 rings (SSSR count). The van der Waals surface area contributed by atoms with Gasteiger partial charge in [-0.15, -0.1) is 0 Å². The van der Waals surface area contributed by atoms with Crippen molar-refractivity contribution in [3.63, 3.8) is 0 Å². The van der Waals surface area contributed by atoms with Crippen molar-refractivity contribution >= 4 is 0 Å². The minimum absolute atomic E-state index is 0.245. The second-order valence-electron chi connectivity index (χ2n) is 4.25. The largest absolute Gasteiger partial charge is 0.396 e. The first kappa shape index (κ1) is 14.2. The molecule has 1 unspecified atom stereocenters. The van der Waals surface area contributed by atoms with Crippen LogP contribution in [0.25, 0.3) is 0 Å². The van der Waals surface area contributed by atoms with E-state index in [1.54, 1.807) is 7.11 Å². The van der Waals surface area contributed by atoms with Gasteiger partial charge in [-0.3, -0.25) is 0 Å². The van der Waals surface area contributed by atoms with Crippen LogP contribution >= 0.6 is 0 Å². The van der Waals surface area contributed by atoms with Crippen molar-refractivity contribution in [3.05, 3.63) is 35.4 Å². The minimum atomic E-state index is 0.245. The lowest BCUT2D eigenvalue weighted by Gasteiger charge is -2.16. The molecular weight excluding hydrogens is 214 g/mol. The van der Waals surface area contributed by atoms with Crippen LogP contribution in [0.3, 0.4) is 0 Å². The van der Waals surface area contributed by atoms with Crippen molar-refractivity contribution in [2.24, 2.45) is 0 Å². The monoisotopic (exact) mass is 237 g/mol. The van der Waals surface area contributed by atoms with Gasteiger partial charge in [0.15, 0.2) is 0 Å². The average molecular weight is 237 g/mol. The number of hydrogen-bond acceptors (Lipinski definition) is 3. The summed E-state index contributed by atoms with van der Waals surface area (Å²) in [6.07, 6.45) is 1.85. The van der Waals surface area contributed by atoms with Crippen LogP contribution in [0.5, 0.6) is 0 Å². The molecule has 0 bridgehead atoms. The molecule has 0 saturated heterocycles. The van der Waals surface area contributed by atoms with Crippen molar-refractivity contribution in [2.45, 2.75) is 39.0 Å². The van der Waals surface area contributed by atoms with Crippen molar-refractivity contribution in [1.29, 1.82) is 0 Å². The van der Waals surface area contributed by atoms with Crippen molar-refractivity contribution in [3.8, 4) is 0 Å². The number of aliphatic hydroxyl groups excluding tert-OH is 1. The Labute approximate surface area is 104 Å². The molecule has 0 saturated carbocycles. The molecule has 3 nitrogen and oxygen atoms in total. The zero-order valence-electron chi connectivity index (χ0n) is 10.8. The maximum atomic E-state index is 8.92. The third-order valence-electron chi connectivity index (χ3n) is 2.87. The molecule has 1 atom stereocenters. The molecule has 1 aromatic carbocycles. The number of nitrogens with one attached hydrogen (secondary N) is 1. The SMILES string of the molecule is CCC(CCO)NCc1cccc(COC)c1. The van der Waals surface area contributed by atoms with Gasteiger partial charge in [0, 0.05) is 26.3 Å². The zero-order chi connectivity index (χ0) is 12.5. The number of hydrogen-bond donors (Lipinski definition) is 2. The van der Waals surface area contributed by atoms with Crippen LogP contribution in [0.15, 0.2) is 24.3 Å². The van der Waals surface area contributed by atoms with Crippen LogP contribution in [0, 0.1) is 0 Å². The van der Waals surface area contributed by atoms with Crippen LogP contribution in [-0.4, -0.2) is 24.9 Å². The van der Waals surface area contributed by atoms with Gasteiger partial charge in [-0.2, -0.15) is 0 Å². The molecule has 3 heteroatoms. The third kappa shape index (κ3) is 5.31. The smallest absolute Gasteiger partial charge is 0.0713 e. The first-order valence-electron chi connectivity index (χ1n) is 6.21. The fourth-order valence-electron chi connectivity index (χ4n) is 1.86. The van der Waals surface area contributed by atoms with Gasteiger partial charge in [0.1, 0.15) is 0 Å². The highest BCUT2D eigenvalue weighted by Crippen LogP contribution is 2.07. The second-order valence-corrected chi connectivity index (χ2v) is 4.25. The summed E-state index contributed by atoms with van der Waals surface area (Å²) < 4.78 is 5.11. The van der Waals surface area contributed by atoms with Crippen molar-refractivity contribution < 1.29 is 9.84 Å². The maximum absolute atomic E-state index is 8.92. The lowest BCUT2D eigenvalue weighted by atomic mass is 10.1. The van der Waals surface area contributed by atoms with Gasteiger partial charge in [0.05, 0.1) is 6.61 Å². The van der Waals surface area contributed by atoms with E-state index in [-0.39, 0.29) is 6.61 Å². The molecule has 0 aliphatic rings. The van der Waals surface area contributed by atoms with E-state index in [4.69, 9.17) is 9.84 Å². The molecule has 0 spiro atoms. The summed E-state index contributed by atoms with van der Waals surface area (Å²) in [5.41, 5.74) is 2.46. The van der Waals surface area contributed by atoms with Crippen LogP contribution in [0.1, 0.15) is 30.9 Å². The Bertz CT molecular complexity index is 315. The Morgan fingerprint density at radius 2 is 2.12 bits per heavy atom. The Morgan fingerprint density at radius 1 is 1.35 bits per heavy atom. The summed E-state index contributed by atoms with van der Waals surface area (Å²) in [4.78, 5) is 0. The molecular formula is C14H23NO2. The van der Waals surface area contributed by atoms with E-state index in [0.29, 0.717) is 12.6 Å². The van der Waals surface area contributed by atoms with Gasteiger partial charge in [0.25, 0.3) is 0 Å². The Kier molecular flexibility index (Phi) is 6.86. The van der Waals surface area contributed by atoms with E-state index < -0.39 is 0 Å². The predicted octanol–water partition coefficient (Wildman–Crippen LogP) is 2.08. The van der Waals surface area contributed by atoms with Gasteiger partial charge in [0.2, 0.25) is 0 Å². The lowest BCUT2D eigenvalue weighted by molar-refractivity contribution is 0.185. The molecule has 0 aliphatic heterocycles. The van der Waals surface area contributed by atoms with Gasteiger partial charge in [-0.25, -0.2) is 0 Å². The normalized spacial score (nSPS) is 12.6. The van der Waals surface area contributed by atoms with Gasteiger partial charge < -0.3 is 15.2 Å². The predicted molar refractivity (Wildman–Crippen MR) is 69.8 cm³/mol. The molecule has 0 aromatic heterocycles. The van der Waals surface area contributed by atoms with Gasteiger partial charge >= 0.3 is 0 Å². The number of benzene rings is 1. The van der Waals surface area contributed by atoms with Crippen molar-refractivity contribution in [1.82, 2.24) is 5.32 Å². The fourth-order valence-corrected chi connectivity index (χ4v) is 1.86. The Morgan fingerprint density at radius 3 is 2.76 bits per heavy atom. The third-order valence-corrected chi connectivity index (χ3v) is 2.87. The number of rotatable bonds is 8. The zero-order valence-corrected chi connectivity index (χ0v) is 10.8. The lowest BCUT2D eigenvalue weighted by Crippen LogP contribution is -2.28. The number of methoxy groups -OCH3 is 1. The van der Waals surface area contributed by atoms with Crippen LogP contribution in [-0.2, 0) is 17.9 Å². The molecule has 0 radical (unpaired) electrons. The molecule has 0 heterocycles. The van der Waals surface area contributed by atoms with Crippen LogP contribution in [0.2, 0.25) is 0 Å². The average Bonchev–Trinajstić information content (AvgIpc) is 2.35. The van der Waals surface area contributed by atoms with Crippen molar-refractivity contribution in [2.75, 3.05) is 13.7 Å². The summed E-state index contributed by atoms with van der Waals surface area (Å²) in [6.45, 7) is 3.88. The van der Waals surface area contributed by atoms with Crippen LogP contribution < -0.4 is 5.32 Å². The molecule has 1 aromatic rings. The highest BCUT2D eigenvalue weighted by atomic mass is 16.5. The van der Waals surface area contributed by atoms with Gasteiger partial charge in [-0.05, 0) is 24.0 Å². The summed E-state index contributed by atoms with van der Waals surface area (Å²) >= 11 is 0. The number of aliphatic hydroxyl groups is 1. The summed E-state index contributed by atoms with van der Waals surface area (Å²) in [5, 5.41) is 12.4. The fraction of sp³-hybridized carbons (Fsp3) is 0.571. The highest BCUT2D eigenvalue weighted by Gasteiger charge is 2.04. The van der Waals surface area contributed by atoms with E-state index >= 15 is 0 Å². The summed E-state index contributed by atoms with van der Waals surface area (Å²) in [7, 11) is 1.71. The molecule has 0 fully saturated rings. The molecule has 0 amide bonds. The van der Waals surface area contributed by atoms with Gasteiger partial charge in [-0.1, -0.05) is 31.2 Å². The summed E-state index contributed by atoms with van der Waals surface area (Å²) in [6, 6.07) is 8.78. The molecule has 2 N–H and O–H groups in total. The number of ether oxygens (including phenoxy) is 1. The molecule has 0 aliphatic carbocycles. The quantitative estimate of drug-likeness (QED) is 0.727. The van der Waals surface area contributed by atoms with E-state index in [0.717, 1.165) is 19.4 Å². The molecule has 17 heavy (non-hydrogen) atoms. The second kappa shape index (κ2) is 8.23. The van der Waals surface area contributed by atoms with Crippen LogP contribution in [0.4, 0.5) is 0 Å². The van der Waals surface area contributed by atoms with E-state index in [2.05, 4.69) is 36.5 Å². The Balaban J connectivity index is 2.47. The first-order valence-corrected chi connectivity index (χ1v) is 6.21. The topological polar surface area (TPSA) is 41.5 Å². The summed E-state index contributed by atoms with van der Waals surface area (Å²) in [5.74, 6) is 0. The highest BCUT2D eigenvalue weighted by molar-refractivity contribution is 5.22. The molecule has 96 valence electrons. The minimum Gasteiger partial charge on any atom is -0.396 e. The Hall–Kier alpha value is -0.900. The van der Waals surface area contributed by atoms with E-state index in [1.165, 1.54) is 11.1 Å². The maximum Gasteiger partial charge on any atom is 0.0713 e.